The lowest BCUT2D eigenvalue weighted by molar-refractivity contribution is -0.139. The smallest absolute Gasteiger partial charge is 0.352 e. The summed E-state index contributed by atoms with van der Waals surface area (Å²) in [5, 5.41) is 2.90. The molecule has 0 saturated heterocycles. The van der Waals surface area contributed by atoms with Gasteiger partial charge in [-0.05, 0) is 56.2 Å². The maximum absolute atomic E-state index is 14.6. The molecule has 1 aliphatic rings. The molecule has 3 aromatic carbocycles. The van der Waals surface area contributed by atoms with Gasteiger partial charge in [0, 0.05) is 18.2 Å². The van der Waals surface area contributed by atoms with E-state index in [0.29, 0.717) is 10.4 Å². The van der Waals surface area contributed by atoms with Gasteiger partial charge >= 0.3 is 6.18 Å². The van der Waals surface area contributed by atoms with Gasteiger partial charge < -0.3 is 10.2 Å². The standard InChI is InChI=1S/C30H31F4N3O4S/c1-21(29(39)35-24-12-6-7-13-24)36(19-22-10-5-8-17-27(22)31)28(38)20-37(42(40,41)26-15-3-2-4-16-26)25-14-9-11-23(18-25)30(32,33)34/h2-5,8-11,14-18,21,24H,6-7,12-13,19-20H2,1H3,(H,35,39)/t21-/m0/s1. The molecule has 3 aromatic rings. The van der Waals surface area contributed by atoms with Gasteiger partial charge in [-0.2, -0.15) is 13.2 Å². The Morgan fingerprint density at radius 1 is 0.952 bits per heavy atom. The van der Waals surface area contributed by atoms with Crippen molar-refractivity contribution < 1.29 is 35.6 Å². The molecule has 224 valence electrons. The SMILES string of the molecule is C[C@@H](C(=O)NC1CCCC1)N(Cc1ccccc1F)C(=O)CN(c1cccc(C(F)(F)F)c1)S(=O)(=O)c1ccccc1. The van der Waals surface area contributed by atoms with Gasteiger partial charge in [0.05, 0.1) is 16.1 Å². The second-order valence-electron chi connectivity index (χ2n) is 10.2. The zero-order valence-corrected chi connectivity index (χ0v) is 23.7. The van der Waals surface area contributed by atoms with Crippen LogP contribution in [0.25, 0.3) is 0 Å². The maximum atomic E-state index is 14.6. The predicted octanol–water partition coefficient (Wildman–Crippen LogP) is 5.52. The number of carbonyl (C=O) groups excluding carboxylic acids is 2. The summed E-state index contributed by atoms with van der Waals surface area (Å²) in [6, 6.07) is 15.0. The number of sulfonamides is 1. The van der Waals surface area contributed by atoms with Crippen LogP contribution in [0.5, 0.6) is 0 Å². The molecule has 0 aromatic heterocycles. The maximum Gasteiger partial charge on any atom is 0.416 e. The Labute approximate surface area is 242 Å². The van der Waals surface area contributed by atoms with Crippen molar-refractivity contribution in [2.24, 2.45) is 0 Å². The van der Waals surface area contributed by atoms with E-state index in [2.05, 4.69) is 5.32 Å². The molecule has 42 heavy (non-hydrogen) atoms. The summed E-state index contributed by atoms with van der Waals surface area (Å²) >= 11 is 0. The second-order valence-corrected chi connectivity index (χ2v) is 12.0. The number of amides is 2. The summed E-state index contributed by atoms with van der Waals surface area (Å²) in [4.78, 5) is 27.9. The van der Waals surface area contributed by atoms with Gasteiger partial charge in [-0.15, -0.1) is 0 Å². The van der Waals surface area contributed by atoms with Crippen LogP contribution in [-0.2, 0) is 32.3 Å². The van der Waals surface area contributed by atoms with Crippen molar-refractivity contribution in [2.75, 3.05) is 10.8 Å². The van der Waals surface area contributed by atoms with E-state index < -0.39 is 57.7 Å². The average molecular weight is 606 g/mol. The molecule has 4 rings (SSSR count). The highest BCUT2D eigenvalue weighted by Crippen LogP contribution is 2.33. The first kappa shape index (κ1) is 31.0. The molecular weight excluding hydrogens is 574 g/mol. The van der Waals surface area contributed by atoms with Crippen molar-refractivity contribution in [3.63, 3.8) is 0 Å². The van der Waals surface area contributed by atoms with Crippen LogP contribution < -0.4 is 9.62 Å². The first-order valence-corrected chi connectivity index (χ1v) is 14.9. The molecular formula is C30H31F4N3O4S. The van der Waals surface area contributed by atoms with E-state index in [0.717, 1.165) is 48.8 Å². The van der Waals surface area contributed by atoms with Crippen LogP contribution in [0.1, 0.15) is 43.7 Å². The van der Waals surface area contributed by atoms with E-state index >= 15 is 0 Å². The van der Waals surface area contributed by atoms with Crippen LogP contribution >= 0.6 is 0 Å². The molecule has 0 heterocycles. The van der Waals surface area contributed by atoms with Crippen LogP contribution in [0.3, 0.4) is 0 Å². The van der Waals surface area contributed by atoms with Gasteiger partial charge in [-0.1, -0.05) is 55.3 Å². The van der Waals surface area contributed by atoms with Gasteiger partial charge in [-0.25, -0.2) is 12.8 Å². The van der Waals surface area contributed by atoms with E-state index in [-0.39, 0.29) is 23.0 Å². The fourth-order valence-electron chi connectivity index (χ4n) is 4.87. The monoisotopic (exact) mass is 605 g/mol. The van der Waals surface area contributed by atoms with Crippen molar-refractivity contribution in [3.05, 3.63) is 95.8 Å². The summed E-state index contributed by atoms with van der Waals surface area (Å²) in [5.74, 6) is -2.03. The van der Waals surface area contributed by atoms with Crippen LogP contribution in [0.15, 0.2) is 83.8 Å². The quantitative estimate of drug-likeness (QED) is 0.309. The first-order valence-electron chi connectivity index (χ1n) is 13.5. The summed E-state index contributed by atoms with van der Waals surface area (Å²) in [7, 11) is -4.55. The van der Waals surface area contributed by atoms with E-state index in [1.54, 1.807) is 12.1 Å². The van der Waals surface area contributed by atoms with Crippen LogP contribution in [0.4, 0.5) is 23.2 Å². The summed E-state index contributed by atoms with van der Waals surface area (Å²) in [6.45, 7) is 0.143. The molecule has 1 saturated carbocycles. The first-order chi connectivity index (χ1) is 19.9. The van der Waals surface area contributed by atoms with E-state index in [1.165, 1.54) is 49.4 Å². The fourth-order valence-corrected chi connectivity index (χ4v) is 6.30. The van der Waals surface area contributed by atoms with Gasteiger partial charge in [-0.3, -0.25) is 13.9 Å². The lowest BCUT2D eigenvalue weighted by Gasteiger charge is -2.32. The number of hydrogen-bond donors (Lipinski definition) is 1. The molecule has 0 spiro atoms. The largest absolute Gasteiger partial charge is 0.416 e. The zero-order valence-electron chi connectivity index (χ0n) is 22.9. The minimum absolute atomic E-state index is 0.0783. The summed E-state index contributed by atoms with van der Waals surface area (Å²) < 4.78 is 83.4. The number of rotatable bonds is 10. The molecule has 0 aliphatic heterocycles. The normalized spacial score (nSPS) is 14.8. The predicted molar refractivity (Wildman–Crippen MR) is 149 cm³/mol. The number of anilines is 1. The van der Waals surface area contributed by atoms with Crippen LogP contribution in [-0.4, -0.2) is 43.8 Å². The van der Waals surface area contributed by atoms with Gasteiger partial charge in [0.15, 0.2) is 0 Å². The number of hydrogen-bond acceptors (Lipinski definition) is 4. The van der Waals surface area contributed by atoms with Gasteiger partial charge in [0.1, 0.15) is 18.4 Å². The van der Waals surface area contributed by atoms with Crippen LogP contribution in [0.2, 0.25) is 0 Å². The van der Waals surface area contributed by atoms with Crippen molar-refractivity contribution >= 4 is 27.5 Å². The summed E-state index contributed by atoms with van der Waals surface area (Å²) in [5.41, 5.74) is -1.41. The van der Waals surface area contributed by atoms with E-state index in [1.807, 2.05) is 0 Å². The highest BCUT2D eigenvalue weighted by atomic mass is 32.2. The summed E-state index contributed by atoms with van der Waals surface area (Å²) in [6.07, 6.45) is -1.33. The molecule has 7 nitrogen and oxygen atoms in total. The third-order valence-corrected chi connectivity index (χ3v) is 9.03. The Morgan fingerprint density at radius 2 is 1.60 bits per heavy atom. The molecule has 1 aliphatic carbocycles. The van der Waals surface area contributed by atoms with Gasteiger partial charge in [0.2, 0.25) is 11.8 Å². The number of nitrogens with zero attached hydrogens (tertiary/aromatic N) is 2. The highest BCUT2D eigenvalue weighted by molar-refractivity contribution is 7.92. The van der Waals surface area contributed by atoms with Gasteiger partial charge in [0.25, 0.3) is 10.0 Å². The van der Waals surface area contributed by atoms with E-state index in [4.69, 9.17) is 0 Å². The molecule has 1 N–H and O–H groups in total. The molecule has 0 radical (unpaired) electrons. The molecule has 1 atom stereocenters. The average Bonchev–Trinajstić information content (AvgIpc) is 3.48. The Kier molecular flexibility index (Phi) is 9.55. The topological polar surface area (TPSA) is 86.8 Å². The number of carbonyl (C=O) groups is 2. The number of halogens is 4. The van der Waals surface area contributed by atoms with Crippen molar-refractivity contribution in [3.8, 4) is 0 Å². The minimum atomic E-state index is -4.77. The van der Waals surface area contributed by atoms with E-state index in [9.17, 15) is 35.6 Å². The minimum Gasteiger partial charge on any atom is -0.352 e. The lowest BCUT2D eigenvalue weighted by atomic mass is 10.1. The van der Waals surface area contributed by atoms with Crippen molar-refractivity contribution in [2.45, 2.75) is 62.3 Å². The highest BCUT2D eigenvalue weighted by Gasteiger charge is 2.36. The Morgan fingerprint density at radius 3 is 2.24 bits per heavy atom. The number of alkyl halides is 3. The third-order valence-electron chi connectivity index (χ3n) is 7.24. The third kappa shape index (κ3) is 7.28. The molecule has 0 unspecified atom stereocenters. The Bertz CT molecular complexity index is 1510. The Balaban J connectivity index is 1.73. The zero-order chi connectivity index (χ0) is 30.5. The number of nitrogens with one attached hydrogen (secondary N) is 1. The molecule has 12 heteroatoms. The second kappa shape index (κ2) is 12.9. The molecule has 2 amide bonds. The Hall–Kier alpha value is -3.93. The molecule has 0 bridgehead atoms. The lowest BCUT2D eigenvalue weighted by Crippen LogP contribution is -2.52. The van der Waals surface area contributed by atoms with Crippen LogP contribution in [0, 0.1) is 5.82 Å². The fraction of sp³-hybridized carbons (Fsp3) is 0.333. The number of benzene rings is 3. The van der Waals surface area contributed by atoms with Crippen molar-refractivity contribution in [1.82, 2.24) is 10.2 Å². The van der Waals surface area contributed by atoms with Crippen molar-refractivity contribution in [1.29, 1.82) is 0 Å². The molecule has 1 fully saturated rings.